The smallest absolute Gasteiger partial charge is 0.264 e. The first-order chi connectivity index (χ1) is 11.1. The second-order valence-corrected chi connectivity index (χ2v) is 7.35. The van der Waals surface area contributed by atoms with Crippen molar-refractivity contribution >= 4 is 17.2 Å². The third kappa shape index (κ3) is 3.48. The van der Waals surface area contributed by atoms with Crippen LogP contribution in [0.15, 0.2) is 23.8 Å². The molecule has 0 atom stereocenters. The second kappa shape index (κ2) is 6.84. The summed E-state index contributed by atoms with van der Waals surface area (Å²) in [6.07, 6.45) is 2.90. The van der Waals surface area contributed by atoms with Crippen LogP contribution in [0.2, 0.25) is 0 Å². The molecule has 0 saturated carbocycles. The average Bonchev–Trinajstić information content (AvgIpc) is 3.12. The molecule has 0 radical (unpaired) electrons. The first kappa shape index (κ1) is 16.2. The van der Waals surface area contributed by atoms with Gasteiger partial charge in [-0.25, -0.2) is 4.98 Å². The van der Waals surface area contributed by atoms with Crippen LogP contribution in [-0.4, -0.2) is 44.9 Å². The number of aryl methyl sites for hydroxylation is 1. The summed E-state index contributed by atoms with van der Waals surface area (Å²) in [6, 6.07) is 4.31. The molecular weight excluding hydrogens is 308 g/mol. The zero-order valence-corrected chi connectivity index (χ0v) is 14.8. The van der Waals surface area contributed by atoms with Gasteiger partial charge in [-0.05, 0) is 38.8 Å². The van der Waals surface area contributed by atoms with Crippen molar-refractivity contribution in [2.24, 2.45) is 0 Å². The molecule has 0 aliphatic carbocycles. The number of carbonyl (C=O) groups is 1. The predicted octanol–water partition coefficient (Wildman–Crippen LogP) is 2.83. The van der Waals surface area contributed by atoms with Crippen LogP contribution >= 0.6 is 11.3 Å². The number of hydrogen-bond donors (Lipinski definition) is 0. The monoisotopic (exact) mass is 332 g/mol. The van der Waals surface area contributed by atoms with Crippen molar-refractivity contribution in [2.45, 2.75) is 45.9 Å². The first-order valence-electron chi connectivity index (χ1n) is 8.12. The summed E-state index contributed by atoms with van der Waals surface area (Å²) in [5.74, 6) is 0.137. The van der Waals surface area contributed by atoms with Crippen molar-refractivity contribution in [3.8, 4) is 0 Å². The summed E-state index contributed by atoms with van der Waals surface area (Å²) in [7, 11) is 2.11. The molecule has 1 aliphatic rings. The van der Waals surface area contributed by atoms with E-state index in [2.05, 4.69) is 35.3 Å². The van der Waals surface area contributed by atoms with Crippen LogP contribution in [0.4, 0.5) is 0 Å². The molecule has 124 valence electrons. The molecule has 0 spiro atoms. The van der Waals surface area contributed by atoms with Gasteiger partial charge in [-0.15, -0.1) is 11.3 Å². The van der Waals surface area contributed by atoms with Gasteiger partial charge in [0.15, 0.2) is 0 Å². The van der Waals surface area contributed by atoms with Gasteiger partial charge < -0.3 is 9.47 Å². The standard InChI is InChI=1S/C17H24N4OS/c1-13(2)19(3)10-14-15-11-20(7-5-8-21(15)12-18-14)17(22)16-6-4-9-23-16/h4,6,9,12-13H,5,7-8,10-11H2,1-3H3. The highest BCUT2D eigenvalue weighted by Gasteiger charge is 2.24. The van der Waals surface area contributed by atoms with Crippen molar-refractivity contribution in [3.63, 3.8) is 0 Å². The number of carbonyl (C=O) groups excluding carboxylic acids is 1. The number of rotatable bonds is 4. The third-order valence-corrected chi connectivity index (χ3v) is 5.36. The van der Waals surface area contributed by atoms with Crippen LogP contribution in [0.25, 0.3) is 0 Å². The lowest BCUT2D eigenvalue weighted by Gasteiger charge is -2.22. The van der Waals surface area contributed by atoms with E-state index in [-0.39, 0.29) is 5.91 Å². The van der Waals surface area contributed by atoms with Gasteiger partial charge in [0, 0.05) is 25.7 Å². The van der Waals surface area contributed by atoms with Crippen molar-refractivity contribution in [1.82, 2.24) is 19.4 Å². The zero-order valence-electron chi connectivity index (χ0n) is 14.0. The van der Waals surface area contributed by atoms with E-state index in [0.717, 1.165) is 36.6 Å². The Bertz CT molecular complexity index is 662. The van der Waals surface area contributed by atoms with Crippen molar-refractivity contribution in [3.05, 3.63) is 40.1 Å². The van der Waals surface area contributed by atoms with E-state index in [1.54, 1.807) is 0 Å². The summed E-state index contributed by atoms with van der Waals surface area (Å²) in [5, 5.41) is 1.96. The number of aromatic nitrogens is 2. The van der Waals surface area contributed by atoms with Gasteiger partial charge >= 0.3 is 0 Å². The second-order valence-electron chi connectivity index (χ2n) is 6.40. The molecule has 5 nitrogen and oxygen atoms in total. The Labute approximate surface area is 141 Å². The van der Waals surface area contributed by atoms with E-state index < -0.39 is 0 Å². The van der Waals surface area contributed by atoms with Crippen LogP contribution in [0.1, 0.15) is 41.3 Å². The van der Waals surface area contributed by atoms with Gasteiger partial charge in [-0.2, -0.15) is 0 Å². The summed E-state index contributed by atoms with van der Waals surface area (Å²) in [6.45, 7) is 7.57. The highest BCUT2D eigenvalue weighted by Crippen LogP contribution is 2.21. The Kier molecular flexibility index (Phi) is 4.82. The number of nitrogens with zero attached hydrogens (tertiary/aromatic N) is 4. The molecule has 2 aromatic heterocycles. The highest BCUT2D eigenvalue weighted by atomic mass is 32.1. The van der Waals surface area contributed by atoms with Crippen molar-refractivity contribution in [2.75, 3.05) is 13.6 Å². The fraction of sp³-hybridized carbons (Fsp3) is 0.529. The van der Waals surface area contributed by atoms with Gasteiger partial charge in [0.25, 0.3) is 5.91 Å². The minimum atomic E-state index is 0.137. The van der Waals surface area contributed by atoms with E-state index >= 15 is 0 Å². The van der Waals surface area contributed by atoms with E-state index in [9.17, 15) is 4.79 Å². The molecule has 3 heterocycles. The van der Waals surface area contributed by atoms with Gasteiger partial charge in [-0.3, -0.25) is 9.69 Å². The minimum absolute atomic E-state index is 0.137. The minimum Gasteiger partial charge on any atom is -0.333 e. The maximum absolute atomic E-state index is 12.7. The van der Waals surface area contributed by atoms with Crippen LogP contribution in [-0.2, 0) is 19.6 Å². The van der Waals surface area contributed by atoms with Gasteiger partial charge in [0.1, 0.15) is 0 Å². The Hall–Kier alpha value is -1.66. The van der Waals surface area contributed by atoms with Crippen molar-refractivity contribution < 1.29 is 4.79 Å². The maximum atomic E-state index is 12.7. The lowest BCUT2D eigenvalue weighted by Crippen LogP contribution is -2.31. The highest BCUT2D eigenvalue weighted by molar-refractivity contribution is 7.12. The van der Waals surface area contributed by atoms with Crippen LogP contribution in [0.3, 0.4) is 0 Å². The van der Waals surface area contributed by atoms with E-state index in [1.165, 1.54) is 17.0 Å². The molecule has 0 saturated heterocycles. The van der Waals surface area contributed by atoms with Crippen LogP contribution in [0, 0.1) is 0 Å². The first-order valence-corrected chi connectivity index (χ1v) is 9.00. The molecule has 2 aromatic rings. The van der Waals surface area contributed by atoms with Crippen LogP contribution < -0.4 is 0 Å². The van der Waals surface area contributed by atoms with E-state index in [4.69, 9.17) is 0 Å². The predicted molar refractivity (Wildman–Crippen MR) is 92.5 cm³/mol. The molecule has 6 heteroatoms. The number of fused-ring (bicyclic) bond motifs is 1. The topological polar surface area (TPSA) is 41.4 Å². The lowest BCUT2D eigenvalue weighted by atomic mass is 10.2. The van der Waals surface area contributed by atoms with Gasteiger partial charge in [0.2, 0.25) is 0 Å². The molecule has 23 heavy (non-hydrogen) atoms. The summed E-state index contributed by atoms with van der Waals surface area (Å²) in [5.41, 5.74) is 2.27. The summed E-state index contributed by atoms with van der Waals surface area (Å²) in [4.78, 5) is 22.3. The van der Waals surface area contributed by atoms with E-state index in [0.29, 0.717) is 12.6 Å². The Morgan fingerprint density at radius 2 is 2.26 bits per heavy atom. The lowest BCUT2D eigenvalue weighted by molar-refractivity contribution is 0.0750. The number of amides is 1. The fourth-order valence-electron chi connectivity index (χ4n) is 2.80. The SMILES string of the molecule is CC(C)N(C)Cc1ncn2c1CN(C(=O)c1cccs1)CCC2. The number of imidazole rings is 1. The molecule has 0 aromatic carbocycles. The Morgan fingerprint density at radius 1 is 1.43 bits per heavy atom. The normalized spacial score (nSPS) is 15.1. The zero-order chi connectivity index (χ0) is 16.4. The Balaban J connectivity index is 1.81. The molecule has 0 bridgehead atoms. The number of hydrogen-bond acceptors (Lipinski definition) is 4. The quantitative estimate of drug-likeness (QED) is 0.864. The van der Waals surface area contributed by atoms with Crippen LogP contribution in [0.5, 0.6) is 0 Å². The van der Waals surface area contributed by atoms with E-state index in [1.807, 2.05) is 28.7 Å². The maximum Gasteiger partial charge on any atom is 0.264 e. The molecule has 1 aliphatic heterocycles. The number of thiophene rings is 1. The average molecular weight is 332 g/mol. The fourth-order valence-corrected chi connectivity index (χ4v) is 3.49. The molecule has 0 N–H and O–H groups in total. The van der Waals surface area contributed by atoms with Gasteiger partial charge in [0.05, 0.1) is 29.1 Å². The summed E-state index contributed by atoms with van der Waals surface area (Å²) >= 11 is 1.51. The Morgan fingerprint density at radius 3 is 2.96 bits per heavy atom. The molecule has 0 unspecified atom stereocenters. The molecule has 0 fully saturated rings. The molecule has 3 rings (SSSR count). The molecule has 1 amide bonds. The largest absolute Gasteiger partial charge is 0.333 e. The third-order valence-electron chi connectivity index (χ3n) is 4.50. The van der Waals surface area contributed by atoms with Gasteiger partial charge in [-0.1, -0.05) is 6.07 Å². The summed E-state index contributed by atoms with van der Waals surface area (Å²) < 4.78 is 2.21. The van der Waals surface area contributed by atoms with Crippen molar-refractivity contribution in [1.29, 1.82) is 0 Å². The molecular formula is C17H24N4OS.